The van der Waals surface area contributed by atoms with E-state index in [0.717, 1.165) is 19.4 Å². The number of nitriles is 1. The smallest absolute Gasteiger partial charge is 0.329 e. The average Bonchev–Trinajstić information content (AvgIpc) is 2.98. The van der Waals surface area contributed by atoms with E-state index >= 15 is 0 Å². The summed E-state index contributed by atoms with van der Waals surface area (Å²) in [7, 11) is 0. The Bertz CT molecular complexity index is 551. The van der Waals surface area contributed by atoms with Gasteiger partial charge in [-0.15, -0.1) is 0 Å². The lowest BCUT2D eigenvalue weighted by Gasteiger charge is -2.25. The highest BCUT2D eigenvalue weighted by Crippen LogP contribution is 2.29. The molecule has 2 N–H and O–H groups in total. The molecule has 1 atom stereocenters. The van der Waals surface area contributed by atoms with Gasteiger partial charge in [-0.3, -0.25) is 10.1 Å². The Hall–Kier alpha value is -2.24. The molecule has 0 amide bonds. The number of nitro groups is 1. The maximum atomic E-state index is 11.3. The van der Waals surface area contributed by atoms with E-state index in [1.54, 1.807) is 4.90 Å². The molecule has 112 valence electrons. The molecule has 1 aliphatic rings. The molecule has 0 spiro atoms. The zero-order chi connectivity index (χ0) is 15.2. The SMILES string of the molecule is N#Cc1ccnc(N(CCO)CC2CCCN2)c1[N+](=O)[O-]. The number of pyridine rings is 1. The molecule has 8 nitrogen and oxygen atoms in total. The summed E-state index contributed by atoms with van der Waals surface area (Å²) in [5.41, 5.74) is -0.321. The molecule has 1 unspecified atom stereocenters. The van der Waals surface area contributed by atoms with E-state index in [1.807, 2.05) is 6.07 Å². The third-order valence-corrected chi connectivity index (χ3v) is 3.48. The minimum absolute atomic E-state index is 0.0210. The second-order valence-corrected chi connectivity index (χ2v) is 4.86. The van der Waals surface area contributed by atoms with Crippen LogP contribution in [0.4, 0.5) is 11.5 Å². The van der Waals surface area contributed by atoms with Crippen LogP contribution >= 0.6 is 0 Å². The Kier molecular flexibility index (Phi) is 5.03. The first-order chi connectivity index (χ1) is 10.2. The molecular formula is C13H17N5O3. The lowest BCUT2D eigenvalue weighted by atomic mass is 10.2. The van der Waals surface area contributed by atoms with Gasteiger partial charge in [0.15, 0.2) is 0 Å². The van der Waals surface area contributed by atoms with Crippen molar-refractivity contribution in [2.75, 3.05) is 31.1 Å². The van der Waals surface area contributed by atoms with Crippen molar-refractivity contribution >= 4 is 11.5 Å². The molecule has 2 rings (SSSR count). The first-order valence-electron chi connectivity index (χ1n) is 6.80. The Balaban J connectivity index is 2.34. The number of aromatic nitrogens is 1. The van der Waals surface area contributed by atoms with Gasteiger partial charge in [-0.05, 0) is 25.5 Å². The third-order valence-electron chi connectivity index (χ3n) is 3.48. The molecule has 0 bridgehead atoms. The summed E-state index contributed by atoms with van der Waals surface area (Å²) in [4.78, 5) is 16.4. The van der Waals surface area contributed by atoms with Crippen LogP contribution in [0.25, 0.3) is 0 Å². The van der Waals surface area contributed by atoms with Crippen molar-refractivity contribution in [3.8, 4) is 6.07 Å². The van der Waals surface area contributed by atoms with Gasteiger partial charge in [0.1, 0.15) is 11.6 Å². The molecule has 1 aliphatic heterocycles. The van der Waals surface area contributed by atoms with Crippen molar-refractivity contribution < 1.29 is 10.0 Å². The number of aliphatic hydroxyl groups is 1. The number of aliphatic hydroxyl groups excluding tert-OH is 1. The van der Waals surface area contributed by atoms with Gasteiger partial charge in [0.05, 0.1) is 11.5 Å². The van der Waals surface area contributed by atoms with Gasteiger partial charge in [-0.25, -0.2) is 4.98 Å². The van der Waals surface area contributed by atoms with Gasteiger partial charge in [0.2, 0.25) is 5.82 Å². The van der Waals surface area contributed by atoms with E-state index in [1.165, 1.54) is 12.3 Å². The van der Waals surface area contributed by atoms with Gasteiger partial charge in [0.25, 0.3) is 0 Å². The Labute approximate surface area is 122 Å². The standard InChI is InChI=1S/C13H17N5O3/c14-8-10-3-5-16-13(12(10)18(20)21)17(6-7-19)9-11-2-1-4-15-11/h3,5,11,15,19H,1-2,4,6-7,9H2. The summed E-state index contributed by atoms with van der Waals surface area (Å²) in [6, 6.07) is 3.36. The monoisotopic (exact) mass is 291 g/mol. The summed E-state index contributed by atoms with van der Waals surface area (Å²) >= 11 is 0. The molecule has 1 aromatic heterocycles. The van der Waals surface area contributed by atoms with Crippen molar-refractivity contribution in [2.24, 2.45) is 0 Å². The van der Waals surface area contributed by atoms with Crippen molar-refractivity contribution in [1.82, 2.24) is 10.3 Å². The number of rotatable bonds is 6. The summed E-state index contributed by atoms with van der Waals surface area (Å²) in [6.45, 7) is 1.54. The van der Waals surface area contributed by atoms with E-state index in [4.69, 9.17) is 5.26 Å². The van der Waals surface area contributed by atoms with E-state index in [9.17, 15) is 15.2 Å². The maximum Gasteiger partial charge on any atom is 0.329 e. The maximum absolute atomic E-state index is 11.3. The molecule has 1 fully saturated rings. The molecule has 1 aromatic rings. The van der Waals surface area contributed by atoms with Crippen LogP contribution in [0, 0.1) is 21.4 Å². The number of hydrogen-bond donors (Lipinski definition) is 2. The first-order valence-corrected chi connectivity index (χ1v) is 6.80. The molecule has 0 saturated carbocycles. The largest absolute Gasteiger partial charge is 0.395 e. The van der Waals surface area contributed by atoms with E-state index in [2.05, 4.69) is 10.3 Å². The number of anilines is 1. The topological polar surface area (TPSA) is 115 Å². The normalized spacial score (nSPS) is 17.4. The van der Waals surface area contributed by atoms with E-state index < -0.39 is 4.92 Å². The molecule has 21 heavy (non-hydrogen) atoms. The highest BCUT2D eigenvalue weighted by Gasteiger charge is 2.27. The van der Waals surface area contributed by atoms with Gasteiger partial charge in [-0.2, -0.15) is 5.26 Å². The Morgan fingerprint density at radius 1 is 1.67 bits per heavy atom. The molecular weight excluding hydrogens is 274 g/mol. The Morgan fingerprint density at radius 3 is 3.05 bits per heavy atom. The van der Waals surface area contributed by atoms with Crippen LogP contribution in [0.5, 0.6) is 0 Å². The zero-order valence-electron chi connectivity index (χ0n) is 11.5. The predicted molar refractivity (Wildman–Crippen MR) is 75.9 cm³/mol. The second-order valence-electron chi connectivity index (χ2n) is 4.86. The van der Waals surface area contributed by atoms with Crippen molar-refractivity contribution in [2.45, 2.75) is 18.9 Å². The number of hydrogen-bond acceptors (Lipinski definition) is 7. The van der Waals surface area contributed by atoms with Crippen LogP contribution in [-0.2, 0) is 0 Å². The van der Waals surface area contributed by atoms with Crippen LogP contribution in [-0.4, -0.2) is 47.3 Å². The fourth-order valence-electron chi connectivity index (χ4n) is 2.53. The van der Waals surface area contributed by atoms with E-state index in [0.29, 0.717) is 6.54 Å². The predicted octanol–water partition coefficient (Wildman–Crippen LogP) is 0.412. The fraction of sp³-hybridized carbons (Fsp3) is 0.538. The quantitative estimate of drug-likeness (QED) is 0.576. The van der Waals surface area contributed by atoms with Crippen molar-refractivity contribution in [1.29, 1.82) is 5.26 Å². The van der Waals surface area contributed by atoms with Crippen molar-refractivity contribution in [3.05, 3.63) is 27.9 Å². The molecule has 8 heteroatoms. The molecule has 0 aromatic carbocycles. The van der Waals surface area contributed by atoms with Gasteiger partial charge >= 0.3 is 5.69 Å². The highest BCUT2D eigenvalue weighted by molar-refractivity contribution is 5.65. The highest BCUT2D eigenvalue weighted by atomic mass is 16.6. The van der Waals surface area contributed by atoms with Gasteiger partial charge < -0.3 is 15.3 Å². The minimum atomic E-state index is -0.590. The van der Waals surface area contributed by atoms with Crippen LogP contribution in [0.2, 0.25) is 0 Å². The van der Waals surface area contributed by atoms with E-state index in [-0.39, 0.29) is 36.3 Å². The third kappa shape index (κ3) is 3.45. The number of nitrogens with one attached hydrogen (secondary N) is 1. The summed E-state index contributed by atoms with van der Waals surface area (Å²) in [5, 5.41) is 32.8. The fourth-order valence-corrected chi connectivity index (χ4v) is 2.53. The summed E-state index contributed by atoms with van der Waals surface area (Å²) in [5.74, 6) is 0.141. The van der Waals surface area contributed by atoms with Gasteiger partial charge in [0, 0.05) is 25.3 Å². The van der Waals surface area contributed by atoms with Crippen LogP contribution in [0.3, 0.4) is 0 Å². The Morgan fingerprint density at radius 2 is 2.48 bits per heavy atom. The molecule has 0 aliphatic carbocycles. The first kappa shape index (κ1) is 15.2. The average molecular weight is 291 g/mol. The second kappa shape index (κ2) is 6.97. The molecule has 1 saturated heterocycles. The summed E-state index contributed by atoms with van der Waals surface area (Å²) < 4.78 is 0. The lowest BCUT2D eigenvalue weighted by Crippen LogP contribution is -2.39. The van der Waals surface area contributed by atoms with Crippen LogP contribution in [0.1, 0.15) is 18.4 Å². The molecule has 0 radical (unpaired) electrons. The number of nitrogens with zero attached hydrogens (tertiary/aromatic N) is 4. The van der Waals surface area contributed by atoms with Gasteiger partial charge in [-0.1, -0.05) is 0 Å². The van der Waals surface area contributed by atoms with Crippen LogP contribution < -0.4 is 10.2 Å². The van der Waals surface area contributed by atoms with Crippen LogP contribution in [0.15, 0.2) is 12.3 Å². The summed E-state index contributed by atoms with van der Waals surface area (Å²) in [6.07, 6.45) is 3.42. The lowest BCUT2D eigenvalue weighted by molar-refractivity contribution is -0.384. The minimum Gasteiger partial charge on any atom is -0.395 e. The zero-order valence-corrected chi connectivity index (χ0v) is 11.5. The van der Waals surface area contributed by atoms with Crippen molar-refractivity contribution in [3.63, 3.8) is 0 Å². The molecule has 2 heterocycles.